The van der Waals surface area contributed by atoms with Gasteiger partial charge in [0.05, 0.1) is 0 Å². The number of aliphatic carboxylic acids is 2. The number of aryl methyl sites for hydroxylation is 2. The van der Waals surface area contributed by atoms with Crippen LogP contribution < -0.4 is 0 Å². The minimum Gasteiger partial charge on any atom is -0.481 e. The van der Waals surface area contributed by atoms with Crippen molar-refractivity contribution in [1.29, 1.82) is 0 Å². The summed E-state index contributed by atoms with van der Waals surface area (Å²) in [5.41, 5.74) is 4.53. The van der Waals surface area contributed by atoms with Crippen LogP contribution in [0.3, 0.4) is 0 Å². The quantitative estimate of drug-likeness (QED) is 0.766. The summed E-state index contributed by atoms with van der Waals surface area (Å²) >= 11 is 0. The van der Waals surface area contributed by atoms with Crippen molar-refractivity contribution in [2.24, 2.45) is 0 Å². The lowest BCUT2D eigenvalue weighted by Gasteiger charge is -2.16. The third-order valence-corrected chi connectivity index (χ3v) is 3.55. The Kier molecular flexibility index (Phi) is 6.22. The Labute approximate surface area is 119 Å². The van der Waals surface area contributed by atoms with E-state index in [2.05, 4.69) is 13.8 Å². The van der Waals surface area contributed by atoms with Crippen molar-refractivity contribution in [1.82, 2.24) is 0 Å². The lowest BCUT2D eigenvalue weighted by atomic mass is 9.89. The van der Waals surface area contributed by atoms with Gasteiger partial charge in [-0.25, -0.2) is 0 Å². The molecule has 0 amide bonds. The second-order valence-corrected chi connectivity index (χ2v) is 4.84. The predicted molar refractivity (Wildman–Crippen MR) is 77.1 cm³/mol. The van der Waals surface area contributed by atoms with Crippen molar-refractivity contribution in [3.05, 3.63) is 34.4 Å². The third-order valence-electron chi connectivity index (χ3n) is 3.55. The molecule has 1 rings (SSSR count). The van der Waals surface area contributed by atoms with Gasteiger partial charge in [-0.05, 0) is 47.9 Å². The van der Waals surface area contributed by atoms with E-state index in [1.807, 2.05) is 12.1 Å². The van der Waals surface area contributed by atoms with E-state index in [1.165, 1.54) is 11.1 Å². The molecule has 0 aliphatic carbocycles. The van der Waals surface area contributed by atoms with Crippen LogP contribution in [0.2, 0.25) is 0 Å². The van der Waals surface area contributed by atoms with Gasteiger partial charge in [-0.3, -0.25) is 9.59 Å². The van der Waals surface area contributed by atoms with Crippen molar-refractivity contribution in [3.8, 4) is 0 Å². The fraction of sp³-hybridized carbons (Fsp3) is 0.500. The Balaban J connectivity index is 3.05. The normalized spacial score (nSPS) is 10.5. The zero-order valence-corrected chi connectivity index (χ0v) is 12.1. The minimum absolute atomic E-state index is 0.130. The molecule has 20 heavy (non-hydrogen) atoms. The van der Waals surface area contributed by atoms with E-state index in [4.69, 9.17) is 10.2 Å². The van der Waals surface area contributed by atoms with Gasteiger partial charge in [0.15, 0.2) is 0 Å². The topological polar surface area (TPSA) is 74.6 Å². The van der Waals surface area contributed by atoms with E-state index in [-0.39, 0.29) is 12.8 Å². The molecule has 0 unspecified atom stereocenters. The average Bonchev–Trinajstić information content (AvgIpc) is 2.41. The summed E-state index contributed by atoms with van der Waals surface area (Å²) in [6.07, 6.45) is 3.02. The van der Waals surface area contributed by atoms with Crippen molar-refractivity contribution in [2.75, 3.05) is 0 Å². The summed E-state index contributed by atoms with van der Waals surface area (Å²) in [5, 5.41) is 17.6. The molecule has 1 aromatic carbocycles. The summed E-state index contributed by atoms with van der Waals surface area (Å²) in [6, 6.07) is 3.91. The van der Waals surface area contributed by atoms with Crippen LogP contribution in [0.4, 0.5) is 0 Å². The van der Waals surface area contributed by atoms with Crippen molar-refractivity contribution in [2.45, 2.75) is 52.4 Å². The van der Waals surface area contributed by atoms with Gasteiger partial charge in [0, 0.05) is 12.8 Å². The predicted octanol–water partition coefficient (Wildman–Crippen LogP) is 2.85. The monoisotopic (exact) mass is 278 g/mol. The highest BCUT2D eigenvalue weighted by Gasteiger charge is 2.12. The minimum atomic E-state index is -0.792. The second-order valence-electron chi connectivity index (χ2n) is 4.84. The van der Waals surface area contributed by atoms with Crippen molar-refractivity contribution in [3.63, 3.8) is 0 Å². The Hall–Kier alpha value is -1.84. The largest absolute Gasteiger partial charge is 0.481 e. The van der Waals surface area contributed by atoms with E-state index in [1.54, 1.807) is 0 Å². The molecule has 1 aromatic rings. The highest BCUT2D eigenvalue weighted by molar-refractivity contribution is 5.68. The highest BCUT2D eigenvalue weighted by atomic mass is 16.4. The molecular weight excluding hydrogens is 256 g/mol. The van der Waals surface area contributed by atoms with Crippen LogP contribution in [0.15, 0.2) is 12.1 Å². The SMILES string of the molecule is CCc1c(CCC(=O)O)ccc(CCC(=O)O)c1CC. The van der Waals surface area contributed by atoms with Crippen molar-refractivity contribution >= 4 is 11.9 Å². The van der Waals surface area contributed by atoms with Crippen LogP contribution in [0.1, 0.15) is 48.9 Å². The first kappa shape index (κ1) is 16.2. The van der Waals surface area contributed by atoms with Crippen LogP contribution in [0, 0.1) is 0 Å². The molecule has 0 aromatic heterocycles. The highest BCUT2D eigenvalue weighted by Crippen LogP contribution is 2.23. The molecule has 4 nitrogen and oxygen atoms in total. The summed E-state index contributed by atoms with van der Waals surface area (Å²) in [6.45, 7) is 4.11. The maximum absolute atomic E-state index is 10.7. The first-order valence-corrected chi connectivity index (χ1v) is 7.05. The average molecular weight is 278 g/mol. The number of carboxylic acid groups (broad SMARTS) is 2. The van der Waals surface area contributed by atoms with E-state index in [0.29, 0.717) is 12.8 Å². The zero-order valence-electron chi connectivity index (χ0n) is 12.1. The molecule has 0 aliphatic heterocycles. The van der Waals surface area contributed by atoms with Gasteiger partial charge in [0.25, 0.3) is 0 Å². The van der Waals surface area contributed by atoms with Gasteiger partial charge in [0.1, 0.15) is 0 Å². The molecule has 110 valence electrons. The molecule has 0 spiro atoms. The Bertz CT molecular complexity index is 446. The number of carbonyl (C=O) groups is 2. The number of benzene rings is 1. The van der Waals surface area contributed by atoms with Gasteiger partial charge in [-0.1, -0.05) is 26.0 Å². The molecular formula is C16H22O4. The summed E-state index contributed by atoms with van der Waals surface area (Å²) in [5.74, 6) is -1.58. The van der Waals surface area contributed by atoms with Gasteiger partial charge >= 0.3 is 11.9 Å². The number of hydrogen-bond donors (Lipinski definition) is 2. The summed E-state index contributed by atoms with van der Waals surface area (Å²) < 4.78 is 0. The molecule has 4 heteroatoms. The van der Waals surface area contributed by atoms with Crippen LogP contribution in [0.5, 0.6) is 0 Å². The van der Waals surface area contributed by atoms with E-state index in [0.717, 1.165) is 24.0 Å². The molecule has 0 radical (unpaired) electrons. The molecule has 0 saturated heterocycles. The van der Waals surface area contributed by atoms with Crippen LogP contribution in [-0.2, 0) is 35.3 Å². The first-order chi connectivity index (χ1) is 9.49. The molecule has 0 aliphatic rings. The Morgan fingerprint density at radius 2 is 1.20 bits per heavy atom. The molecule has 0 bridgehead atoms. The maximum Gasteiger partial charge on any atom is 0.303 e. The van der Waals surface area contributed by atoms with Gasteiger partial charge in [-0.15, -0.1) is 0 Å². The smallest absolute Gasteiger partial charge is 0.303 e. The van der Waals surface area contributed by atoms with E-state index in [9.17, 15) is 9.59 Å². The summed E-state index contributed by atoms with van der Waals surface area (Å²) in [7, 11) is 0. The second kappa shape index (κ2) is 7.68. The maximum atomic E-state index is 10.7. The molecule has 0 saturated carbocycles. The van der Waals surface area contributed by atoms with Crippen LogP contribution in [0.25, 0.3) is 0 Å². The standard InChI is InChI=1S/C16H22O4/c1-3-13-11(7-9-15(17)18)5-6-12(14(13)4-2)8-10-16(19)20/h5-6H,3-4,7-10H2,1-2H3,(H,17,18)(H,19,20). The van der Waals surface area contributed by atoms with Crippen LogP contribution in [-0.4, -0.2) is 22.2 Å². The van der Waals surface area contributed by atoms with Crippen molar-refractivity contribution < 1.29 is 19.8 Å². The fourth-order valence-corrected chi connectivity index (χ4v) is 2.62. The molecule has 0 fully saturated rings. The number of carboxylic acids is 2. The molecule has 2 N–H and O–H groups in total. The van der Waals surface area contributed by atoms with E-state index >= 15 is 0 Å². The van der Waals surface area contributed by atoms with Gasteiger partial charge in [0.2, 0.25) is 0 Å². The van der Waals surface area contributed by atoms with E-state index < -0.39 is 11.9 Å². The number of hydrogen-bond acceptors (Lipinski definition) is 2. The summed E-state index contributed by atoms with van der Waals surface area (Å²) in [4.78, 5) is 21.4. The lowest BCUT2D eigenvalue weighted by Crippen LogP contribution is -2.07. The third kappa shape index (κ3) is 4.37. The zero-order chi connectivity index (χ0) is 15.1. The molecule has 0 atom stereocenters. The van der Waals surface area contributed by atoms with Gasteiger partial charge < -0.3 is 10.2 Å². The molecule has 0 heterocycles. The fourth-order valence-electron chi connectivity index (χ4n) is 2.62. The Morgan fingerprint density at radius 1 is 0.850 bits per heavy atom. The lowest BCUT2D eigenvalue weighted by molar-refractivity contribution is -0.138. The van der Waals surface area contributed by atoms with Crippen LogP contribution >= 0.6 is 0 Å². The first-order valence-electron chi connectivity index (χ1n) is 7.05. The number of rotatable bonds is 8. The van der Waals surface area contributed by atoms with Gasteiger partial charge in [-0.2, -0.15) is 0 Å². The Morgan fingerprint density at radius 3 is 1.45 bits per heavy atom.